The van der Waals surface area contributed by atoms with E-state index in [1.54, 1.807) is 26.5 Å². The quantitative estimate of drug-likeness (QED) is 0.561. The van der Waals surface area contributed by atoms with Gasteiger partial charge in [-0.15, -0.1) is 0 Å². The topological polar surface area (TPSA) is 61.1 Å². The van der Waals surface area contributed by atoms with Crippen molar-refractivity contribution in [3.8, 4) is 11.5 Å². The van der Waals surface area contributed by atoms with Crippen molar-refractivity contribution in [1.29, 1.82) is 0 Å². The van der Waals surface area contributed by atoms with Gasteiger partial charge in [-0.25, -0.2) is 0 Å². The third-order valence-corrected chi connectivity index (χ3v) is 5.51. The second-order valence-electron chi connectivity index (χ2n) is 7.57. The van der Waals surface area contributed by atoms with Crippen LogP contribution in [-0.4, -0.2) is 38.4 Å². The van der Waals surface area contributed by atoms with E-state index in [0.717, 1.165) is 43.1 Å². The van der Waals surface area contributed by atoms with Crippen LogP contribution < -0.4 is 14.9 Å². The third-order valence-electron chi connectivity index (χ3n) is 5.51. The van der Waals surface area contributed by atoms with E-state index in [9.17, 15) is 4.79 Å². The highest BCUT2D eigenvalue weighted by atomic mass is 16.5. The third kappa shape index (κ3) is 4.50. The molecule has 1 aliphatic rings. The van der Waals surface area contributed by atoms with Gasteiger partial charge in [0.25, 0.3) is 0 Å². The van der Waals surface area contributed by atoms with Gasteiger partial charge in [0.05, 0.1) is 32.0 Å². The molecule has 158 valence electrons. The molecule has 2 heterocycles. The lowest BCUT2D eigenvalue weighted by Gasteiger charge is -2.26. The monoisotopic (exact) mass is 409 g/mol. The van der Waals surface area contributed by atoms with E-state index >= 15 is 0 Å². The molecule has 4 rings (SSSR count). The Labute approximate surface area is 176 Å². The number of fused-ring (bicyclic) bond motifs is 1. The summed E-state index contributed by atoms with van der Waals surface area (Å²) >= 11 is 0. The number of ether oxygens (including phenoxy) is 3. The summed E-state index contributed by atoms with van der Waals surface area (Å²) in [7, 11) is 3.31. The molecule has 6 heteroatoms. The Hall–Kier alpha value is -2.83. The van der Waals surface area contributed by atoms with E-state index in [2.05, 4.69) is 4.90 Å². The molecule has 1 fully saturated rings. The van der Waals surface area contributed by atoms with E-state index in [1.165, 1.54) is 0 Å². The molecule has 1 aliphatic heterocycles. The summed E-state index contributed by atoms with van der Waals surface area (Å²) < 4.78 is 22.5. The summed E-state index contributed by atoms with van der Waals surface area (Å²) in [6, 6.07) is 13.1. The highest BCUT2D eigenvalue weighted by Gasteiger charge is 2.22. The molecule has 30 heavy (non-hydrogen) atoms. The van der Waals surface area contributed by atoms with Crippen LogP contribution in [0.3, 0.4) is 0 Å². The van der Waals surface area contributed by atoms with E-state index in [0.29, 0.717) is 29.6 Å². The van der Waals surface area contributed by atoms with Gasteiger partial charge in [0.15, 0.2) is 5.43 Å². The summed E-state index contributed by atoms with van der Waals surface area (Å²) in [6.07, 6.45) is 3.83. The van der Waals surface area contributed by atoms with E-state index in [1.807, 2.05) is 36.4 Å². The van der Waals surface area contributed by atoms with Crippen LogP contribution >= 0.6 is 0 Å². The zero-order chi connectivity index (χ0) is 20.9. The van der Waals surface area contributed by atoms with E-state index in [-0.39, 0.29) is 11.5 Å². The maximum absolute atomic E-state index is 13.0. The number of rotatable bonds is 8. The Morgan fingerprint density at radius 3 is 2.67 bits per heavy atom. The molecule has 0 bridgehead atoms. The molecular weight excluding hydrogens is 382 g/mol. The Bertz CT molecular complexity index is 1050. The maximum Gasteiger partial charge on any atom is 0.197 e. The fraction of sp³-hybridized carbons (Fsp3) is 0.375. The number of hydrogen-bond donors (Lipinski definition) is 0. The lowest BCUT2D eigenvalue weighted by molar-refractivity contribution is 0.0673. The number of para-hydroxylation sites is 1. The average Bonchev–Trinajstić information content (AvgIpc) is 3.29. The Balaban J connectivity index is 1.63. The summed E-state index contributed by atoms with van der Waals surface area (Å²) in [5.74, 6) is 1.56. The van der Waals surface area contributed by atoms with Crippen LogP contribution in [0.2, 0.25) is 0 Å². The van der Waals surface area contributed by atoms with Gasteiger partial charge >= 0.3 is 0 Å². The fourth-order valence-electron chi connectivity index (χ4n) is 3.98. The normalized spacial score (nSPS) is 16.3. The first kappa shape index (κ1) is 20.4. The van der Waals surface area contributed by atoms with Crippen molar-refractivity contribution >= 4 is 11.0 Å². The molecule has 0 amide bonds. The summed E-state index contributed by atoms with van der Waals surface area (Å²) in [6.45, 7) is 2.59. The Morgan fingerprint density at radius 2 is 1.90 bits per heavy atom. The maximum atomic E-state index is 13.0. The minimum Gasteiger partial charge on any atom is -0.497 e. The molecule has 6 nitrogen and oxygen atoms in total. The highest BCUT2D eigenvalue weighted by Crippen LogP contribution is 2.27. The van der Waals surface area contributed by atoms with Crippen molar-refractivity contribution in [3.05, 3.63) is 70.1 Å². The number of benzene rings is 2. The summed E-state index contributed by atoms with van der Waals surface area (Å²) in [5, 5.41) is 0.603. The van der Waals surface area contributed by atoms with Crippen LogP contribution in [0.5, 0.6) is 11.5 Å². The molecule has 0 N–H and O–H groups in total. The molecule has 0 saturated carbocycles. The van der Waals surface area contributed by atoms with Crippen LogP contribution in [0, 0.1) is 0 Å². The molecule has 3 aromatic rings. The van der Waals surface area contributed by atoms with Crippen LogP contribution in [0.4, 0.5) is 0 Å². The van der Waals surface area contributed by atoms with Gasteiger partial charge in [-0.1, -0.05) is 12.1 Å². The number of hydrogen-bond acceptors (Lipinski definition) is 6. The van der Waals surface area contributed by atoms with Gasteiger partial charge in [-0.3, -0.25) is 9.69 Å². The van der Waals surface area contributed by atoms with Gasteiger partial charge in [0.1, 0.15) is 17.1 Å². The van der Waals surface area contributed by atoms with Crippen molar-refractivity contribution in [1.82, 2.24) is 4.90 Å². The minimum atomic E-state index is 0.00629. The van der Waals surface area contributed by atoms with Gasteiger partial charge < -0.3 is 18.6 Å². The molecule has 0 aliphatic carbocycles. The van der Waals surface area contributed by atoms with Gasteiger partial charge in [0, 0.05) is 37.4 Å². The van der Waals surface area contributed by atoms with Gasteiger partial charge in [0.2, 0.25) is 0 Å². The van der Waals surface area contributed by atoms with Gasteiger partial charge in [-0.05, 0) is 43.2 Å². The predicted octanol–water partition coefficient (Wildman–Crippen LogP) is 3.99. The molecule has 1 aromatic heterocycles. The van der Waals surface area contributed by atoms with Crippen LogP contribution in [-0.2, 0) is 17.8 Å². The lowest BCUT2D eigenvalue weighted by atomic mass is 10.1. The molecule has 2 aromatic carbocycles. The second kappa shape index (κ2) is 9.32. The first-order chi connectivity index (χ1) is 14.7. The Kier molecular flexibility index (Phi) is 6.35. The van der Waals surface area contributed by atoms with Crippen molar-refractivity contribution < 1.29 is 18.6 Å². The van der Waals surface area contributed by atoms with Crippen LogP contribution in [0.15, 0.2) is 57.9 Å². The van der Waals surface area contributed by atoms with Crippen molar-refractivity contribution in [2.24, 2.45) is 0 Å². The second-order valence-corrected chi connectivity index (χ2v) is 7.57. The molecule has 1 saturated heterocycles. The lowest BCUT2D eigenvalue weighted by Crippen LogP contribution is -2.33. The SMILES string of the molecule is COc1ccc(OC)c(CN(Cc2coc3ccccc3c2=O)C[C@H]2CCCO2)c1. The highest BCUT2D eigenvalue weighted by molar-refractivity contribution is 5.76. The van der Waals surface area contributed by atoms with Crippen molar-refractivity contribution in [3.63, 3.8) is 0 Å². The minimum absolute atomic E-state index is 0.00629. The molecule has 0 spiro atoms. The van der Waals surface area contributed by atoms with Crippen molar-refractivity contribution in [2.75, 3.05) is 27.4 Å². The number of nitrogens with zero attached hydrogens (tertiary/aromatic N) is 1. The molecule has 0 unspecified atom stereocenters. The molecule has 1 atom stereocenters. The summed E-state index contributed by atoms with van der Waals surface area (Å²) in [5.41, 5.74) is 2.24. The largest absolute Gasteiger partial charge is 0.497 e. The standard InChI is InChI=1S/C24H27NO5/c1-27-19-9-10-22(28-2)17(12-19)13-25(15-20-6-5-11-29-20)14-18-16-30-23-8-4-3-7-21(23)24(18)26/h3-4,7-10,12,16,20H,5-6,11,13-15H2,1-2H3/t20-/m1/s1. The van der Waals surface area contributed by atoms with E-state index < -0.39 is 0 Å². The zero-order valence-electron chi connectivity index (χ0n) is 17.4. The number of methoxy groups -OCH3 is 2. The molecular formula is C24H27NO5. The van der Waals surface area contributed by atoms with Crippen molar-refractivity contribution in [2.45, 2.75) is 32.0 Å². The Morgan fingerprint density at radius 1 is 1.07 bits per heavy atom. The average molecular weight is 409 g/mol. The zero-order valence-corrected chi connectivity index (χ0v) is 17.4. The van der Waals surface area contributed by atoms with E-state index in [4.69, 9.17) is 18.6 Å². The smallest absolute Gasteiger partial charge is 0.197 e. The predicted molar refractivity (Wildman–Crippen MR) is 115 cm³/mol. The summed E-state index contributed by atoms with van der Waals surface area (Å²) in [4.78, 5) is 15.2. The first-order valence-corrected chi connectivity index (χ1v) is 10.2. The fourth-order valence-corrected chi connectivity index (χ4v) is 3.98. The first-order valence-electron chi connectivity index (χ1n) is 10.2. The molecule has 0 radical (unpaired) electrons. The van der Waals surface area contributed by atoms with Crippen LogP contribution in [0.1, 0.15) is 24.0 Å². The van der Waals surface area contributed by atoms with Crippen LogP contribution in [0.25, 0.3) is 11.0 Å². The van der Waals surface area contributed by atoms with Gasteiger partial charge in [-0.2, -0.15) is 0 Å².